The van der Waals surface area contributed by atoms with E-state index in [1.165, 1.54) is 12.1 Å². The Morgan fingerprint density at radius 1 is 1.22 bits per heavy atom. The standard InChI is InChI=1S/C21H18ClF3N4O2S/c1-2-10-29-18(12-31-17-5-3-4-14(11-17)21(23,24)25)27-28-20(29)32-13-19(30)26-16-8-6-15(22)7-9-16/h2-9,11H,1,10,12-13H2,(H,26,30). The number of nitrogens with zero attached hydrogens (tertiary/aromatic N) is 3. The number of rotatable bonds is 9. The molecule has 0 atom stereocenters. The number of anilines is 1. The van der Waals surface area contributed by atoms with Crippen molar-refractivity contribution in [1.82, 2.24) is 14.8 Å². The van der Waals surface area contributed by atoms with Crippen LogP contribution >= 0.6 is 23.4 Å². The summed E-state index contributed by atoms with van der Waals surface area (Å²) in [5, 5.41) is 11.9. The quantitative estimate of drug-likeness (QED) is 0.324. The molecule has 0 aliphatic rings. The van der Waals surface area contributed by atoms with Crippen molar-refractivity contribution in [2.24, 2.45) is 0 Å². The minimum atomic E-state index is -4.46. The highest BCUT2D eigenvalue weighted by Crippen LogP contribution is 2.31. The van der Waals surface area contributed by atoms with Crippen LogP contribution in [0.1, 0.15) is 11.4 Å². The lowest BCUT2D eigenvalue weighted by molar-refractivity contribution is -0.137. The average molecular weight is 483 g/mol. The van der Waals surface area contributed by atoms with Crippen molar-refractivity contribution in [3.8, 4) is 5.75 Å². The van der Waals surface area contributed by atoms with Gasteiger partial charge < -0.3 is 10.1 Å². The van der Waals surface area contributed by atoms with Gasteiger partial charge in [0.1, 0.15) is 12.4 Å². The number of carbonyl (C=O) groups excluding carboxylic acids is 1. The van der Waals surface area contributed by atoms with Gasteiger partial charge in [0.2, 0.25) is 5.91 Å². The maximum Gasteiger partial charge on any atom is 0.416 e. The fourth-order valence-corrected chi connectivity index (χ4v) is 3.51. The molecule has 0 saturated heterocycles. The smallest absolute Gasteiger partial charge is 0.416 e. The first-order valence-corrected chi connectivity index (χ1v) is 10.6. The monoisotopic (exact) mass is 482 g/mol. The van der Waals surface area contributed by atoms with Gasteiger partial charge in [0.15, 0.2) is 11.0 Å². The normalized spacial score (nSPS) is 11.2. The van der Waals surface area contributed by atoms with E-state index in [1.54, 1.807) is 34.9 Å². The van der Waals surface area contributed by atoms with E-state index in [4.69, 9.17) is 16.3 Å². The van der Waals surface area contributed by atoms with Gasteiger partial charge >= 0.3 is 6.18 Å². The summed E-state index contributed by atoms with van der Waals surface area (Å²) in [6, 6.07) is 11.3. The number of nitrogens with one attached hydrogen (secondary N) is 1. The number of aromatic nitrogens is 3. The Morgan fingerprint density at radius 3 is 2.66 bits per heavy atom. The molecule has 6 nitrogen and oxygen atoms in total. The van der Waals surface area contributed by atoms with Gasteiger partial charge in [0.05, 0.1) is 11.3 Å². The molecule has 0 spiro atoms. The van der Waals surface area contributed by atoms with Gasteiger partial charge in [-0.2, -0.15) is 13.2 Å². The lowest BCUT2D eigenvalue weighted by atomic mass is 10.2. The molecule has 0 aliphatic heterocycles. The molecule has 0 radical (unpaired) electrons. The first-order valence-electron chi connectivity index (χ1n) is 9.27. The van der Waals surface area contributed by atoms with Crippen LogP contribution in [0.3, 0.4) is 0 Å². The third-order valence-electron chi connectivity index (χ3n) is 4.09. The van der Waals surface area contributed by atoms with Crippen LogP contribution in [-0.4, -0.2) is 26.4 Å². The number of amides is 1. The molecule has 168 valence electrons. The van der Waals surface area contributed by atoms with E-state index in [1.807, 2.05) is 0 Å². The molecule has 1 amide bonds. The summed E-state index contributed by atoms with van der Waals surface area (Å²) in [4.78, 5) is 12.2. The number of alkyl halides is 3. The van der Waals surface area contributed by atoms with Gasteiger partial charge in [0, 0.05) is 17.3 Å². The van der Waals surface area contributed by atoms with Crippen molar-refractivity contribution in [3.05, 3.63) is 77.6 Å². The van der Waals surface area contributed by atoms with Crippen molar-refractivity contribution in [2.75, 3.05) is 11.1 Å². The van der Waals surface area contributed by atoms with Gasteiger partial charge in [-0.25, -0.2) is 0 Å². The molecule has 0 unspecified atom stereocenters. The summed E-state index contributed by atoms with van der Waals surface area (Å²) in [5.74, 6) is 0.284. The highest BCUT2D eigenvalue weighted by atomic mass is 35.5. The third-order valence-corrected chi connectivity index (χ3v) is 5.31. The lowest BCUT2D eigenvalue weighted by Gasteiger charge is -2.11. The molecule has 1 aromatic heterocycles. The summed E-state index contributed by atoms with van der Waals surface area (Å²) in [5.41, 5.74) is -0.187. The summed E-state index contributed by atoms with van der Waals surface area (Å²) >= 11 is 6.99. The highest BCUT2D eigenvalue weighted by molar-refractivity contribution is 7.99. The van der Waals surface area contributed by atoms with Crippen LogP contribution in [0.15, 0.2) is 66.3 Å². The molecular weight excluding hydrogens is 465 g/mol. The molecular formula is C21H18ClF3N4O2S. The highest BCUT2D eigenvalue weighted by Gasteiger charge is 2.30. The Balaban J connectivity index is 1.63. The molecule has 3 aromatic rings. The van der Waals surface area contributed by atoms with Crippen molar-refractivity contribution >= 4 is 35.0 Å². The number of thioether (sulfide) groups is 1. The van der Waals surface area contributed by atoms with Crippen molar-refractivity contribution in [1.29, 1.82) is 0 Å². The molecule has 32 heavy (non-hydrogen) atoms. The van der Waals surface area contributed by atoms with Gasteiger partial charge in [-0.3, -0.25) is 9.36 Å². The van der Waals surface area contributed by atoms with Crippen LogP contribution < -0.4 is 10.1 Å². The van der Waals surface area contributed by atoms with E-state index in [-0.39, 0.29) is 24.0 Å². The largest absolute Gasteiger partial charge is 0.486 e. The Labute approximate surface area is 191 Å². The summed E-state index contributed by atoms with van der Waals surface area (Å²) < 4.78 is 45.8. The third kappa shape index (κ3) is 6.51. The van der Waals surface area contributed by atoms with Gasteiger partial charge in [-0.1, -0.05) is 35.5 Å². The minimum Gasteiger partial charge on any atom is -0.486 e. The second-order valence-electron chi connectivity index (χ2n) is 6.46. The SMILES string of the molecule is C=CCn1c(COc2cccc(C(F)(F)F)c2)nnc1SCC(=O)Nc1ccc(Cl)cc1. The van der Waals surface area contributed by atoms with E-state index in [2.05, 4.69) is 22.1 Å². The number of hydrogen-bond donors (Lipinski definition) is 1. The first-order chi connectivity index (χ1) is 15.3. The van der Waals surface area contributed by atoms with Crippen LogP contribution in [0.25, 0.3) is 0 Å². The van der Waals surface area contributed by atoms with Crippen LogP contribution in [0.2, 0.25) is 5.02 Å². The second-order valence-corrected chi connectivity index (χ2v) is 7.84. The Bertz CT molecular complexity index is 1090. The van der Waals surface area contributed by atoms with E-state index < -0.39 is 11.7 Å². The van der Waals surface area contributed by atoms with E-state index in [0.717, 1.165) is 23.9 Å². The molecule has 0 aliphatic carbocycles. The molecule has 3 rings (SSSR count). The number of ether oxygens (including phenoxy) is 1. The average Bonchev–Trinajstić information content (AvgIpc) is 3.14. The molecule has 0 bridgehead atoms. The van der Waals surface area contributed by atoms with Crippen LogP contribution in [0.4, 0.5) is 18.9 Å². The number of halogens is 4. The predicted molar refractivity (Wildman–Crippen MR) is 117 cm³/mol. The molecule has 11 heteroatoms. The molecule has 2 aromatic carbocycles. The van der Waals surface area contributed by atoms with Crippen LogP contribution in [0.5, 0.6) is 5.75 Å². The minimum absolute atomic E-state index is 0.0597. The predicted octanol–water partition coefficient (Wildman–Crippen LogP) is 5.45. The number of hydrogen-bond acceptors (Lipinski definition) is 5. The molecule has 0 fully saturated rings. The number of benzene rings is 2. The summed E-state index contributed by atoms with van der Waals surface area (Å²) in [7, 11) is 0. The van der Waals surface area contributed by atoms with Crippen molar-refractivity contribution in [3.63, 3.8) is 0 Å². The fraction of sp³-hybridized carbons (Fsp3) is 0.190. The van der Waals surface area contributed by atoms with Crippen molar-refractivity contribution < 1.29 is 22.7 Å². The molecule has 0 saturated carbocycles. The fourth-order valence-electron chi connectivity index (χ4n) is 2.62. The van der Waals surface area contributed by atoms with E-state index in [9.17, 15) is 18.0 Å². The Kier molecular flexibility index (Phi) is 7.81. The van der Waals surface area contributed by atoms with Crippen molar-refractivity contribution in [2.45, 2.75) is 24.5 Å². The van der Waals surface area contributed by atoms with E-state index >= 15 is 0 Å². The lowest BCUT2D eigenvalue weighted by Crippen LogP contribution is -2.15. The first kappa shape index (κ1) is 23.7. The molecule has 1 heterocycles. The van der Waals surface area contributed by atoms with Gasteiger partial charge in [-0.05, 0) is 42.5 Å². The van der Waals surface area contributed by atoms with E-state index in [0.29, 0.717) is 28.2 Å². The Hall–Kier alpha value is -2.98. The molecule has 1 N–H and O–H groups in total. The topological polar surface area (TPSA) is 69.0 Å². The number of carbonyl (C=O) groups is 1. The van der Waals surface area contributed by atoms with Crippen LogP contribution in [-0.2, 0) is 24.1 Å². The number of allylic oxidation sites excluding steroid dienone is 1. The Morgan fingerprint density at radius 2 is 1.97 bits per heavy atom. The van der Waals surface area contributed by atoms with Crippen LogP contribution in [0, 0.1) is 0 Å². The summed E-state index contributed by atoms with van der Waals surface area (Å²) in [6.45, 7) is 3.94. The maximum absolute atomic E-state index is 12.9. The zero-order valence-corrected chi connectivity index (χ0v) is 18.2. The maximum atomic E-state index is 12.9. The second kappa shape index (κ2) is 10.6. The zero-order chi connectivity index (χ0) is 23.1. The van der Waals surface area contributed by atoms with Gasteiger partial charge in [-0.15, -0.1) is 16.8 Å². The summed E-state index contributed by atoms with van der Waals surface area (Å²) in [6.07, 6.45) is -2.84. The zero-order valence-electron chi connectivity index (χ0n) is 16.6. The van der Waals surface area contributed by atoms with Gasteiger partial charge in [0.25, 0.3) is 0 Å².